The highest BCUT2D eigenvalue weighted by molar-refractivity contribution is 5.28. The van der Waals surface area contributed by atoms with Crippen LogP contribution >= 0.6 is 0 Å². The number of nitrogens with zero attached hydrogens (tertiary/aromatic N) is 1. The Hall–Kier alpha value is -1.71. The van der Waals surface area contributed by atoms with Crippen LogP contribution in [0.4, 0.5) is 0 Å². The molecule has 3 N–H and O–H groups in total. The van der Waals surface area contributed by atoms with Gasteiger partial charge in [0.25, 0.3) is 0 Å². The van der Waals surface area contributed by atoms with E-state index in [9.17, 15) is 5.11 Å². The van der Waals surface area contributed by atoms with E-state index in [1.165, 1.54) is 5.56 Å². The van der Waals surface area contributed by atoms with E-state index >= 15 is 0 Å². The molecule has 106 valence electrons. The van der Waals surface area contributed by atoms with Crippen molar-refractivity contribution in [2.24, 2.45) is 5.73 Å². The van der Waals surface area contributed by atoms with Crippen LogP contribution in [0.5, 0.6) is 0 Å². The molecule has 20 heavy (non-hydrogen) atoms. The van der Waals surface area contributed by atoms with Gasteiger partial charge in [-0.1, -0.05) is 44.2 Å². The Morgan fingerprint density at radius 1 is 1.05 bits per heavy atom. The first-order chi connectivity index (χ1) is 9.63. The van der Waals surface area contributed by atoms with Crippen LogP contribution in [0.2, 0.25) is 0 Å². The fourth-order valence-electron chi connectivity index (χ4n) is 2.32. The first-order valence-electron chi connectivity index (χ1n) is 7.02. The monoisotopic (exact) mass is 270 g/mol. The number of hydrogen-bond acceptors (Lipinski definition) is 3. The van der Waals surface area contributed by atoms with Gasteiger partial charge in [0.15, 0.2) is 0 Å². The molecule has 2 unspecified atom stereocenters. The molecule has 2 aromatic rings. The van der Waals surface area contributed by atoms with E-state index in [2.05, 4.69) is 31.0 Å². The Labute approximate surface area is 120 Å². The summed E-state index contributed by atoms with van der Waals surface area (Å²) in [6.45, 7) is 4.67. The highest BCUT2D eigenvalue weighted by Crippen LogP contribution is 2.29. The number of rotatable bonds is 5. The third kappa shape index (κ3) is 3.24. The van der Waals surface area contributed by atoms with Crippen LogP contribution in [0, 0.1) is 0 Å². The quantitative estimate of drug-likeness (QED) is 0.878. The first kappa shape index (κ1) is 14.7. The minimum atomic E-state index is -0.629. The third-order valence-corrected chi connectivity index (χ3v) is 3.65. The van der Waals surface area contributed by atoms with E-state index < -0.39 is 6.10 Å². The fourth-order valence-corrected chi connectivity index (χ4v) is 2.32. The number of aromatic nitrogens is 1. The largest absolute Gasteiger partial charge is 0.388 e. The van der Waals surface area contributed by atoms with Crippen LogP contribution in [0.15, 0.2) is 48.7 Å². The average Bonchev–Trinajstić information content (AvgIpc) is 2.49. The van der Waals surface area contributed by atoms with Crippen molar-refractivity contribution in [3.05, 3.63) is 65.5 Å². The number of nitrogens with two attached hydrogens (primary N) is 1. The fraction of sp³-hybridized carbons (Fsp3) is 0.353. The molecule has 0 fully saturated rings. The molecule has 0 aliphatic rings. The maximum absolute atomic E-state index is 10.5. The lowest BCUT2D eigenvalue weighted by Gasteiger charge is -2.21. The Bertz CT molecular complexity index is 522. The Kier molecular flexibility index (Phi) is 4.88. The van der Waals surface area contributed by atoms with Gasteiger partial charge in [0.05, 0.1) is 6.10 Å². The van der Waals surface area contributed by atoms with Gasteiger partial charge in [-0.15, -0.1) is 0 Å². The lowest BCUT2D eigenvalue weighted by atomic mass is 9.91. The van der Waals surface area contributed by atoms with E-state index in [1.54, 1.807) is 6.20 Å². The molecule has 1 aromatic carbocycles. The van der Waals surface area contributed by atoms with Gasteiger partial charge in [0.1, 0.15) is 0 Å². The molecule has 0 aliphatic carbocycles. The Morgan fingerprint density at radius 2 is 1.70 bits per heavy atom. The lowest BCUT2D eigenvalue weighted by molar-refractivity contribution is 0.145. The van der Waals surface area contributed by atoms with E-state index in [0.29, 0.717) is 12.5 Å². The predicted molar refractivity (Wildman–Crippen MR) is 81.5 cm³/mol. The van der Waals surface area contributed by atoms with Gasteiger partial charge in [-0.05, 0) is 29.2 Å². The normalized spacial score (nSPS) is 14.2. The van der Waals surface area contributed by atoms with E-state index in [4.69, 9.17) is 5.73 Å². The van der Waals surface area contributed by atoms with Crippen molar-refractivity contribution in [2.45, 2.75) is 31.8 Å². The predicted octanol–water partition coefficient (Wildman–Crippen LogP) is 2.98. The SMILES string of the molecule is CC(C)c1ccc(C(O)C(CN)c2ccccn2)cc1. The summed E-state index contributed by atoms with van der Waals surface area (Å²) in [5.41, 5.74) is 8.80. The van der Waals surface area contributed by atoms with Crippen LogP contribution in [0.3, 0.4) is 0 Å². The highest BCUT2D eigenvalue weighted by atomic mass is 16.3. The second-order valence-corrected chi connectivity index (χ2v) is 5.36. The summed E-state index contributed by atoms with van der Waals surface area (Å²) < 4.78 is 0. The first-order valence-corrected chi connectivity index (χ1v) is 7.02. The molecule has 3 heteroatoms. The van der Waals surface area contributed by atoms with Gasteiger partial charge in [-0.25, -0.2) is 0 Å². The van der Waals surface area contributed by atoms with Gasteiger partial charge < -0.3 is 10.8 Å². The van der Waals surface area contributed by atoms with Crippen molar-refractivity contribution >= 4 is 0 Å². The van der Waals surface area contributed by atoms with Crippen LogP contribution in [0.1, 0.15) is 48.6 Å². The number of aliphatic hydroxyl groups excluding tert-OH is 1. The second kappa shape index (κ2) is 6.64. The molecule has 1 aromatic heterocycles. The standard InChI is InChI=1S/C17H22N2O/c1-12(2)13-6-8-14(9-7-13)17(20)15(11-18)16-5-3-4-10-19-16/h3-10,12,15,17,20H,11,18H2,1-2H3. The smallest absolute Gasteiger partial charge is 0.0885 e. The molecule has 2 rings (SSSR count). The van der Waals surface area contributed by atoms with Gasteiger partial charge in [0, 0.05) is 24.4 Å². The van der Waals surface area contributed by atoms with Gasteiger partial charge in [-0.2, -0.15) is 0 Å². The molecule has 2 atom stereocenters. The van der Waals surface area contributed by atoms with Crippen molar-refractivity contribution in [2.75, 3.05) is 6.54 Å². The van der Waals surface area contributed by atoms with Crippen LogP contribution in [0.25, 0.3) is 0 Å². The summed E-state index contributed by atoms with van der Waals surface area (Å²) in [6, 6.07) is 13.8. The van der Waals surface area contributed by atoms with Gasteiger partial charge in [0.2, 0.25) is 0 Å². The third-order valence-electron chi connectivity index (χ3n) is 3.65. The summed E-state index contributed by atoms with van der Waals surface area (Å²) in [5, 5.41) is 10.5. The molecule has 3 nitrogen and oxygen atoms in total. The summed E-state index contributed by atoms with van der Waals surface area (Å²) >= 11 is 0. The maximum atomic E-state index is 10.5. The molecule has 1 heterocycles. The van der Waals surface area contributed by atoms with Gasteiger partial charge in [-0.3, -0.25) is 4.98 Å². The van der Waals surface area contributed by atoms with Crippen molar-refractivity contribution in [3.63, 3.8) is 0 Å². The van der Waals surface area contributed by atoms with Crippen molar-refractivity contribution < 1.29 is 5.11 Å². The summed E-state index contributed by atoms with van der Waals surface area (Å²) in [6.07, 6.45) is 1.10. The van der Waals surface area contributed by atoms with Gasteiger partial charge >= 0.3 is 0 Å². The average molecular weight is 270 g/mol. The summed E-state index contributed by atoms with van der Waals surface area (Å²) in [7, 11) is 0. The highest BCUT2D eigenvalue weighted by Gasteiger charge is 2.22. The molecular weight excluding hydrogens is 248 g/mol. The molecule has 0 bridgehead atoms. The Morgan fingerprint density at radius 3 is 2.20 bits per heavy atom. The molecule has 0 aliphatic heterocycles. The van der Waals surface area contributed by atoms with Crippen molar-refractivity contribution in [1.82, 2.24) is 4.98 Å². The molecule has 0 amide bonds. The number of benzene rings is 1. The van der Waals surface area contributed by atoms with E-state index in [0.717, 1.165) is 11.3 Å². The Balaban J connectivity index is 2.22. The topological polar surface area (TPSA) is 59.1 Å². The van der Waals surface area contributed by atoms with Crippen LogP contribution < -0.4 is 5.73 Å². The van der Waals surface area contributed by atoms with Crippen LogP contribution in [-0.2, 0) is 0 Å². The summed E-state index contributed by atoms with van der Waals surface area (Å²) in [5.74, 6) is 0.309. The molecule has 0 radical (unpaired) electrons. The summed E-state index contributed by atoms with van der Waals surface area (Å²) in [4.78, 5) is 4.30. The zero-order valence-corrected chi connectivity index (χ0v) is 12.0. The second-order valence-electron chi connectivity index (χ2n) is 5.36. The molecular formula is C17H22N2O. The zero-order chi connectivity index (χ0) is 14.5. The minimum Gasteiger partial charge on any atom is -0.388 e. The van der Waals surface area contributed by atoms with Crippen molar-refractivity contribution in [1.29, 1.82) is 0 Å². The molecule has 0 spiro atoms. The number of pyridine rings is 1. The number of aliphatic hydroxyl groups is 1. The van der Waals surface area contributed by atoms with E-state index in [1.807, 2.05) is 30.3 Å². The lowest BCUT2D eigenvalue weighted by Crippen LogP contribution is -2.21. The van der Waals surface area contributed by atoms with Crippen molar-refractivity contribution in [3.8, 4) is 0 Å². The molecule has 0 saturated heterocycles. The van der Waals surface area contributed by atoms with E-state index in [-0.39, 0.29) is 5.92 Å². The zero-order valence-electron chi connectivity index (χ0n) is 12.0. The van der Waals surface area contributed by atoms with Crippen LogP contribution in [-0.4, -0.2) is 16.6 Å². The number of hydrogen-bond donors (Lipinski definition) is 2. The minimum absolute atomic E-state index is 0.180. The maximum Gasteiger partial charge on any atom is 0.0885 e. The molecule has 0 saturated carbocycles.